The van der Waals surface area contributed by atoms with E-state index in [0.717, 1.165) is 55.6 Å². The van der Waals surface area contributed by atoms with Crippen LogP contribution in [0, 0.1) is 0 Å². The number of hydrogen-bond acceptors (Lipinski definition) is 2. The molecular formula is C60H38N4. The molecule has 0 N–H and O–H groups in total. The van der Waals surface area contributed by atoms with Crippen molar-refractivity contribution in [3.05, 3.63) is 231 Å². The fourth-order valence-electron chi connectivity index (χ4n) is 9.84. The van der Waals surface area contributed by atoms with E-state index >= 15 is 0 Å². The van der Waals surface area contributed by atoms with Crippen LogP contribution in [0.4, 0.5) is 0 Å². The summed E-state index contributed by atoms with van der Waals surface area (Å²) in [7, 11) is 0. The number of aromatic nitrogens is 4. The molecule has 3 heterocycles. The van der Waals surface area contributed by atoms with Crippen molar-refractivity contribution in [2.75, 3.05) is 0 Å². The number of fused-ring (bicyclic) bond motifs is 3. The Hall–Kier alpha value is -8.60. The van der Waals surface area contributed by atoms with Gasteiger partial charge in [0.2, 0.25) is 5.95 Å². The Balaban J connectivity index is 0.987. The lowest BCUT2D eigenvalue weighted by Crippen LogP contribution is -2.04. The zero-order valence-corrected chi connectivity index (χ0v) is 34.7. The highest BCUT2D eigenvalue weighted by molar-refractivity contribution is 6.25. The molecule has 4 nitrogen and oxygen atoms in total. The Morgan fingerprint density at radius 2 is 0.781 bits per heavy atom. The minimum atomic E-state index is 0.630. The fraction of sp³-hybridized carbons (Fsp3) is 0. The summed E-state index contributed by atoms with van der Waals surface area (Å²) in [5, 5.41) is 7.41. The van der Waals surface area contributed by atoms with Crippen LogP contribution in [-0.2, 0) is 0 Å². The van der Waals surface area contributed by atoms with Crippen LogP contribution in [-0.4, -0.2) is 19.1 Å². The first-order valence-corrected chi connectivity index (χ1v) is 21.8. The van der Waals surface area contributed by atoms with Gasteiger partial charge in [0.15, 0.2) is 0 Å². The largest absolute Gasteiger partial charge is 0.309 e. The second-order valence-corrected chi connectivity index (χ2v) is 16.6. The molecule has 13 rings (SSSR count). The van der Waals surface area contributed by atoms with Gasteiger partial charge in [-0.1, -0.05) is 176 Å². The van der Waals surface area contributed by atoms with Crippen molar-refractivity contribution in [1.82, 2.24) is 19.1 Å². The van der Waals surface area contributed by atoms with Gasteiger partial charge in [-0.05, 0) is 98.8 Å². The van der Waals surface area contributed by atoms with Gasteiger partial charge < -0.3 is 4.57 Å². The minimum absolute atomic E-state index is 0.630. The highest BCUT2D eigenvalue weighted by Crippen LogP contribution is 2.42. The quantitative estimate of drug-likeness (QED) is 0.150. The van der Waals surface area contributed by atoms with Crippen LogP contribution >= 0.6 is 0 Å². The van der Waals surface area contributed by atoms with E-state index in [4.69, 9.17) is 9.97 Å². The summed E-state index contributed by atoms with van der Waals surface area (Å²) < 4.78 is 4.66. The molecule has 64 heavy (non-hydrogen) atoms. The van der Waals surface area contributed by atoms with Crippen molar-refractivity contribution < 1.29 is 0 Å². The second-order valence-electron chi connectivity index (χ2n) is 16.6. The Morgan fingerprint density at radius 1 is 0.266 bits per heavy atom. The number of benzene rings is 10. The van der Waals surface area contributed by atoms with Gasteiger partial charge >= 0.3 is 0 Å². The third-order valence-electron chi connectivity index (χ3n) is 12.9. The zero-order valence-electron chi connectivity index (χ0n) is 34.7. The van der Waals surface area contributed by atoms with E-state index in [1.165, 1.54) is 60.4 Å². The molecule has 0 fully saturated rings. The summed E-state index contributed by atoms with van der Waals surface area (Å²) in [4.78, 5) is 10.8. The van der Waals surface area contributed by atoms with Gasteiger partial charge in [-0.25, -0.2) is 9.97 Å². The van der Waals surface area contributed by atoms with Gasteiger partial charge in [-0.15, -0.1) is 0 Å². The van der Waals surface area contributed by atoms with Crippen molar-refractivity contribution in [3.8, 4) is 67.5 Å². The van der Waals surface area contributed by atoms with Crippen molar-refractivity contribution in [2.45, 2.75) is 0 Å². The first kappa shape index (κ1) is 36.1. The van der Waals surface area contributed by atoms with Crippen LogP contribution in [0.5, 0.6) is 0 Å². The molecule has 0 saturated heterocycles. The number of para-hydroxylation sites is 2. The average molecular weight is 815 g/mol. The van der Waals surface area contributed by atoms with Gasteiger partial charge in [0, 0.05) is 38.4 Å². The standard InChI is InChI=1S/C60H38N4/c1-4-13-39(14-5-1)41-23-27-43(28-24-41)52-38-53(44-29-25-42(26-30-44)40-15-6-2-7-16-40)62-60(61-52)64-54-21-11-10-20-50(54)51-36-46(33-34-55(51)64)48-35-47-32-31-45-17-12-22-56-58(45)59(47)57(37-48)63(56)49-18-8-3-9-19-49/h1-38H. The van der Waals surface area contributed by atoms with E-state index < -0.39 is 0 Å². The number of rotatable bonds is 7. The van der Waals surface area contributed by atoms with Gasteiger partial charge in [0.1, 0.15) is 0 Å². The second kappa shape index (κ2) is 14.5. The van der Waals surface area contributed by atoms with E-state index in [-0.39, 0.29) is 0 Å². The smallest absolute Gasteiger partial charge is 0.235 e. The maximum Gasteiger partial charge on any atom is 0.235 e. The highest BCUT2D eigenvalue weighted by Gasteiger charge is 2.21. The third-order valence-corrected chi connectivity index (χ3v) is 12.9. The van der Waals surface area contributed by atoms with Crippen LogP contribution in [0.1, 0.15) is 0 Å². The molecule has 0 saturated carbocycles. The number of hydrogen-bond donors (Lipinski definition) is 0. The van der Waals surface area contributed by atoms with E-state index in [1.54, 1.807) is 0 Å². The molecule has 0 bridgehead atoms. The van der Waals surface area contributed by atoms with E-state index in [0.29, 0.717) is 5.95 Å². The average Bonchev–Trinajstić information content (AvgIpc) is 3.90. The molecule has 3 aromatic heterocycles. The van der Waals surface area contributed by atoms with E-state index in [9.17, 15) is 0 Å². The molecule has 13 aromatic rings. The lowest BCUT2D eigenvalue weighted by Gasteiger charge is -2.13. The topological polar surface area (TPSA) is 35.6 Å². The predicted molar refractivity (Wildman–Crippen MR) is 267 cm³/mol. The molecule has 10 aromatic carbocycles. The number of nitrogens with zero attached hydrogens (tertiary/aromatic N) is 4. The third kappa shape index (κ3) is 5.84. The van der Waals surface area contributed by atoms with Crippen LogP contribution in [0.15, 0.2) is 231 Å². The summed E-state index contributed by atoms with van der Waals surface area (Å²) in [6, 6.07) is 82.7. The normalized spacial score (nSPS) is 11.8. The van der Waals surface area contributed by atoms with Crippen LogP contribution in [0.25, 0.3) is 122 Å². The van der Waals surface area contributed by atoms with Crippen LogP contribution < -0.4 is 0 Å². The molecule has 4 heteroatoms. The monoisotopic (exact) mass is 814 g/mol. The summed E-state index contributed by atoms with van der Waals surface area (Å²) in [5.74, 6) is 0.630. The summed E-state index contributed by atoms with van der Waals surface area (Å²) in [5.41, 5.74) is 16.5. The molecule has 298 valence electrons. The predicted octanol–water partition coefficient (Wildman–Crippen LogP) is 15.6. The molecule has 0 radical (unpaired) electrons. The summed E-state index contributed by atoms with van der Waals surface area (Å²) in [6.07, 6.45) is 0. The first-order chi connectivity index (χ1) is 31.7. The Kier molecular flexibility index (Phi) is 8.18. The molecular weight excluding hydrogens is 777 g/mol. The zero-order chi connectivity index (χ0) is 42.1. The van der Waals surface area contributed by atoms with Crippen molar-refractivity contribution in [3.63, 3.8) is 0 Å². The Bertz CT molecular complexity index is 3750. The summed E-state index contributed by atoms with van der Waals surface area (Å²) in [6.45, 7) is 0. The molecule has 0 aliphatic rings. The van der Waals surface area contributed by atoms with Crippen LogP contribution in [0.3, 0.4) is 0 Å². The van der Waals surface area contributed by atoms with E-state index in [1.807, 2.05) is 0 Å². The maximum atomic E-state index is 5.38. The van der Waals surface area contributed by atoms with E-state index in [2.05, 4.69) is 240 Å². The molecule has 0 spiro atoms. The van der Waals surface area contributed by atoms with Gasteiger partial charge in [-0.3, -0.25) is 4.57 Å². The summed E-state index contributed by atoms with van der Waals surface area (Å²) >= 11 is 0. The van der Waals surface area contributed by atoms with Gasteiger partial charge in [-0.2, -0.15) is 0 Å². The van der Waals surface area contributed by atoms with Crippen LogP contribution in [0.2, 0.25) is 0 Å². The highest BCUT2D eigenvalue weighted by atomic mass is 15.2. The Labute approximate surface area is 369 Å². The SMILES string of the molecule is c1ccc(-c2ccc(-c3cc(-c4ccc(-c5ccccc5)cc4)nc(-n4c5ccccc5c5cc(-c6cc7ccc8cccc9c8c7c(c6)n9-c6ccccc6)ccc54)n3)cc2)cc1. The fourth-order valence-corrected chi connectivity index (χ4v) is 9.84. The van der Waals surface area contributed by atoms with Crippen molar-refractivity contribution in [2.24, 2.45) is 0 Å². The molecule has 0 amide bonds. The van der Waals surface area contributed by atoms with Gasteiger partial charge in [0.25, 0.3) is 0 Å². The molecule has 0 aliphatic heterocycles. The molecule has 0 atom stereocenters. The lowest BCUT2D eigenvalue weighted by atomic mass is 9.96. The Morgan fingerprint density at radius 3 is 1.45 bits per heavy atom. The van der Waals surface area contributed by atoms with Crippen molar-refractivity contribution in [1.29, 1.82) is 0 Å². The molecule has 0 unspecified atom stereocenters. The maximum absolute atomic E-state index is 5.38. The minimum Gasteiger partial charge on any atom is -0.309 e. The van der Waals surface area contributed by atoms with Crippen molar-refractivity contribution >= 4 is 54.4 Å². The van der Waals surface area contributed by atoms with Gasteiger partial charge in [0.05, 0.1) is 33.5 Å². The lowest BCUT2D eigenvalue weighted by molar-refractivity contribution is 0.995. The molecule has 0 aliphatic carbocycles. The first-order valence-electron chi connectivity index (χ1n) is 21.8.